The van der Waals surface area contributed by atoms with Crippen LogP contribution in [0.5, 0.6) is 0 Å². The standard InChI is InChI=1S/C14H10BrCl2NO2/c15-9-2-1-3-12(6-9)18-13(14(19)20)8-4-10(16)7-11(17)5-8/h1-7,13,18H,(H,19,20). The highest BCUT2D eigenvalue weighted by Crippen LogP contribution is 2.27. The lowest BCUT2D eigenvalue weighted by Gasteiger charge is -2.17. The Morgan fingerprint density at radius 1 is 1.15 bits per heavy atom. The number of carboxylic acid groups (broad SMARTS) is 1. The highest BCUT2D eigenvalue weighted by molar-refractivity contribution is 9.10. The van der Waals surface area contributed by atoms with Gasteiger partial charge in [0.05, 0.1) is 0 Å². The maximum atomic E-state index is 11.5. The minimum atomic E-state index is -1.01. The Hall–Kier alpha value is -1.23. The number of nitrogens with one attached hydrogen (secondary N) is 1. The van der Waals surface area contributed by atoms with Crippen LogP contribution in [0.2, 0.25) is 10.0 Å². The normalized spacial score (nSPS) is 11.9. The Morgan fingerprint density at radius 2 is 1.80 bits per heavy atom. The molecule has 0 aliphatic rings. The minimum Gasteiger partial charge on any atom is -0.479 e. The number of anilines is 1. The molecule has 2 rings (SSSR count). The average Bonchev–Trinajstić information content (AvgIpc) is 2.34. The fraction of sp³-hybridized carbons (Fsp3) is 0.0714. The molecule has 0 saturated carbocycles. The molecule has 0 radical (unpaired) electrons. The summed E-state index contributed by atoms with van der Waals surface area (Å²) in [5.41, 5.74) is 1.18. The van der Waals surface area contributed by atoms with Crippen LogP contribution >= 0.6 is 39.1 Å². The third kappa shape index (κ3) is 3.88. The first-order valence-electron chi connectivity index (χ1n) is 5.66. The van der Waals surface area contributed by atoms with Crippen molar-refractivity contribution < 1.29 is 9.90 Å². The summed E-state index contributed by atoms with van der Waals surface area (Å²) in [6, 6.07) is 11.0. The van der Waals surface area contributed by atoms with E-state index in [1.54, 1.807) is 30.3 Å². The van der Waals surface area contributed by atoms with Crippen molar-refractivity contribution in [3.8, 4) is 0 Å². The minimum absolute atomic E-state index is 0.398. The number of aliphatic carboxylic acids is 1. The molecular formula is C14H10BrCl2NO2. The number of benzene rings is 2. The van der Waals surface area contributed by atoms with Gasteiger partial charge in [0.2, 0.25) is 0 Å². The van der Waals surface area contributed by atoms with E-state index in [-0.39, 0.29) is 0 Å². The average molecular weight is 375 g/mol. The molecule has 0 aliphatic heterocycles. The summed E-state index contributed by atoms with van der Waals surface area (Å²) in [6.45, 7) is 0. The topological polar surface area (TPSA) is 49.3 Å². The van der Waals surface area contributed by atoms with Gasteiger partial charge in [-0.3, -0.25) is 0 Å². The molecule has 0 bridgehead atoms. The Bertz CT molecular complexity index is 629. The summed E-state index contributed by atoms with van der Waals surface area (Å²) in [5.74, 6) is -1.01. The van der Waals surface area contributed by atoms with E-state index < -0.39 is 12.0 Å². The molecule has 6 heteroatoms. The molecule has 0 spiro atoms. The van der Waals surface area contributed by atoms with Gasteiger partial charge in [-0.25, -0.2) is 4.79 Å². The molecule has 104 valence electrons. The molecule has 20 heavy (non-hydrogen) atoms. The van der Waals surface area contributed by atoms with E-state index >= 15 is 0 Å². The summed E-state index contributed by atoms with van der Waals surface area (Å²) < 4.78 is 0.857. The molecule has 0 heterocycles. The van der Waals surface area contributed by atoms with E-state index in [1.807, 2.05) is 12.1 Å². The molecular weight excluding hydrogens is 365 g/mol. The Morgan fingerprint density at radius 3 is 2.35 bits per heavy atom. The van der Waals surface area contributed by atoms with Gasteiger partial charge in [0.1, 0.15) is 0 Å². The zero-order valence-electron chi connectivity index (χ0n) is 10.1. The zero-order valence-corrected chi connectivity index (χ0v) is 13.2. The molecule has 2 aromatic rings. The van der Waals surface area contributed by atoms with Crippen LogP contribution in [0.4, 0.5) is 5.69 Å². The fourth-order valence-corrected chi connectivity index (χ4v) is 2.72. The van der Waals surface area contributed by atoms with Crippen LogP contribution in [0, 0.1) is 0 Å². The van der Waals surface area contributed by atoms with Crippen LogP contribution in [0.25, 0.3) is 0 Å². The lowest BCUT2D eigenvalue weighted by molar-refractivity contribution is -0.138. The van der Waals surface area contributed by atoms with Gasteiger partial charge in [0.25, 0.3) is 0 Å². The van der Waals surface area contributed by atoms with E-state index in [1.165, 1.54) is 0 Å². The molecule has 0 amide bonds. The first-order chi connectivity index (χ1) is 9.45. The van der Waals surface area contributed by atoms with Crippen LogP contribution in [-0.4, -0.2) is 11.1 Å². The van der Waals surface area contributed by atoms with Crippen LogP contribution in [0.15, 0.2) is 46.9 Å². The van der Waals surface area contributed by atoms with Gasteiger partial charge < -0.3 is 10.4 Å². The number of carbonyl (C=O) groups is 1. The lowest BCUT2D eigenvalue weighted by atomic mass is 10.1. The molecule has 1 atom stereocenters. The quantitative estimate of drug-likeness (QED) is 0.792. The van der Waals surface area contributed by atoms with Crippen molar-refractivity contribution in [2.45, 2.75) is 6.04 Å². The molecule has 0 aliphatic carbocycles. The Labute approximate surface area is 134 Å². The summed E-state index contributed by atoms with van der Waals surface area (Å²) in [6.07, 6.45) is 0. The molecule has 2 N–H and O–H groups in total. The van der Waals surface area contributed by atoms with Crippen molar-refractivity contribution in [3.05, 3.63) is 62.5 Å². The first-order valence-corrected chi connectivity index (χ1v) is 7.21. The molecule has 0 fully saturated rings. The monoisotopic (exact) mass is 373 g/mol. The van der Waals surface area contributed by atoms with Gasteiger partial charge in [-0.1, -0.05) is 45.2 Å². The third-order valence-electron chi connectivity index (χ3n) is 2.60. The highest BCUT2D eigenvalue weighted by atomic mass is 79.9. The molecule has 3 nitrogen and oxygen atoms in total. The Balaban J connectivity index is 2.34. The lowest BCUT2D eigenvalue weighted by Crippen LogP contribution is -2.20. The van der Waals surface area contributed by atoms with Crippen molar-refractivity contribution >= 4 is 50.8 Å². The first kappa shape index (κ1) is 15.2. The van der Waals surface area contributed by atoms with Crippen molar-refractivity contribution in [2.75, 3.05) is 5.32 Å². The number of rotatable bonds is 4. The van der Waals surface area contributed by atoms with Crippen LogP contribution < -0.4 is 5.32 Å². The number of carboxylic acids is 1. The predicted molar refractivity (Wildman–Crippen MR) is 84.6 cm³/mol. The van der Waals surface area contributed by atoms with Crippen molar-refractivity contribution in [1.82, 2.24) is 0 Å². The number of hydrogen-bond donors (Lipinski definition) is 2. The fourth-order valence-electron chi connectivity index (χ4n) is 1.77. The summed E-state index contributed by atoms with van der Waals surface area (Å²) >= 11 is 15.2. The largest absolute Gasteiger partial charge is 0.479 e. The maximum absolute atomic E-state index is 11.5. The molecule has 0 saturated heterocycles. The van der Waals surface area contributed by atoms with E-state index in [0.717, 1.165) is 4.47 Å². The van der Waals surface area contributed by atoms with Gasteiger partial charge in [0, 0.05) is 20.2 Å². The third-order valence-corrected chi connectivity index (χ3v) is 3.53. The van der Waals surface area contributed by atoms with Gasteiger partial charge in [-0.05, 0) is 42.0 Å². The van der Waals surface area contributed by atoms with E-state index in [0.29, 0.717) is 21.3 Å². The van der Waals surface area contributed by atoms with E-state index in [2.05, 4.69) is 21.2 Å². The van der Waals surface area contributed by atoms with Gasteiger partial charge >= 0.3 is 5.97 Å². The van der Waals surface area contributed by atoms with Crippen molar-refractivity contribution in [1.29, 1.82) is 0 Å². The summed E-state index contributed by atoms with van der Waals surface area (Å²) in [5, 5.41) is 13.1. The summed E-state index contributed by atoms with van der Waals surface area (Å²) in [7, 11) is 0. The zero-order chi connectivity index (χ0) is 14.7. The van der Waals surface area contributed by atoms with Crippen LogP contribution in [0.1, 0.15) is 11.6 Å². The van der Waals surface area contributed by atoms with E-state index in [4.69, 9.17) is 23.2 Å². The number of hydrogen-bond acceptors (Lipinski definition) is 2. The summed E-state index contributed by atoms with van der Waals surface area (Å²) in [4.78, 5) is 11.5. The van der Waals surface area contributed by atoms with Gasteiger partial charge in [-0.15, -0.1) is 0 Å². The second-order valence-corrected chi connectivity index (χ2v) is 5.92. The highest BCUT2D eigenvalue weighted by Gasteiger charge is 2.20. The second-order valence-electron chi connectivity index (χ2n) is 4.13. The smallest absolute Gasteiger partial charge is 0.330 e. The Kier molecular flexibility index (Phi) is 4.91. The van der Waals surface area contributed by atoms with E-state index in [9.17, 15) is 9.90 Å². The van der Waals surface area contributed by atoms with Crippen LogP contribution in [-0.2, 0) is 4.79 Å². The molecule has 1 unspecified atom stereocenters. The SMILES string of the molecule is O=C(O)C(Nc1cccc(Br)c1)c1cc(Cl)cc(Cl)c1. The van der Waals surface area contributed by atoms with Gasteiger partial charge in [-0.2, -0.15) is 0 Å². The predicted octanol–water partition coefficient (Wildman–Crippen LogP) is 4.99. The molecule has 0 aromatic heterocycles. The maximum Gasteiger partial charge on any atom is 0.330 e. The van der Waals surface area contributed by atoms with Crippen molar-refractivity contribution in [2.24, 2.45) is 0 Å². The molecule has 2 aromatic carbocycles. The second kappa shape index (κ2) is 6.48. The number of halogens is 3. The van der Waals surface area contributed by atoms with Gasteiger partial charge in [0.15, 0.2) is 6.04 Å². The van der Waals surface area contributed by atoms with Crippen molar-refractivity contribution in [3.63, 3.8) is 0 Å². The van der Waals surface area contributed by atoms with Crippen LogP contribution in [0.3, 0.4) is 0 Å².